The van der Waals surface area contributed by atoms with E-state index in [9.17, 15) is 0 Å². The van der Waals surface area contributed by atoms with Gasteiger partial charge in [-0.25, -0.2) is 0 Å². The van der Waals surface area contributed by atoms with E-state index in [0.29, 0.717) is 11.8 Å². The van der Waals surface area contributed by atoms with Crippen LogP contribution in [0.25, 0.3) is 0 Å². The van der Waals surface area contributed by atoms with Crippen LogP contribution in [0.5, 0.6) is 0 Å². The summed E-state index contributed by atoms with van der Waals surface area (Å²) in [6.07, 6.45) is 1.13. The summed E-state index contributed by atoms with van der Waals surface area (Å²) in [5, 5.41) is 0.745. The third-order valence-electron chi connectivity index (χ3n) is 1.54. The lowest BCUT2D eigenvalue weighted by Gasteiger charge is -2.04. The van der Waals surface area contributed by atoms with Crippen molar-refractivity contribution in [1.29, 1.82) is 0 Å². The predicted molar refractivity (Wildman–Crippen MR) is 70.5 cm³/mol. The summed E-state index contributed by atoms with van der Waals surface area (Å²) >= 11 is 1.66. The Morgan fingerprint density at radius 3 is 2.21 bits per heavy atom. The third-order valence-corrected chi connectivity index (χ3v) is 2.80. The van der Waals surface area contributed by atoms with Gasteiger partial charge in [-0.3, -0.25) is 4.99 Å². The van der Waals surface area contributed by atoms with Gasteiger partial charge in [0.05, 0.1) is 0 Å². The van der Waals surface area contributed by atoms with E-state index in [1.165, 1.54) is 0 Å². The zero-order chi connectivity index (χ0) is 10.3. The van der Waals surface area contributed by atoms with Gasteiger partial charge in [0.2, 0.25) is 0 Å². The van der Waals surface area contributed by atoms with Crippen LogP contribution < -0.4 is 5.73 Å². The predicted octanol–water partition coefficient (Wildman–Crippen LogP) is 3.16. The van der Waals surface area contributed by atoms with Crippen LogP contribution in [0.1, 0.15) is 34.1 Å². The van der Waals surface area contributed by atoms with Crippen LogP contribution in [-0.2, 0) is 0 Å². The van der Waals surface area contributed by atoms with Gasteiger partial charge in [0.15, 0.2) is 5.17 Å². The van der Waals surface area contributed by atoms with Crippen LogP contribution in [0.4, 0.5) is 0 Å². The molecule has 0 aromatic rings. The number of thioether (sulfide) groups is 1. The maximum absolute atomic E-state index is 5.72. The summed E-state index contributed by atoms with van der Waals surface area (Å²) < 4.78 is 0. The molecule has 0 amide bonds. The fraction of sp³-hybridized carbons (Fsp3) is 0.900. The summed E-state index contributed by atoms with van der Waals surface area (Å²) in [5.74, 6) is 2.47. The maximum atomic E-state index is 5.72. The largest absolute Gasteiger partial charge is 0.379 e. The Labute approximate surface area is 98.5 Å². The Morgan fingerprint density at radius 2 is 1.79 bits per heavy atom. The molecular formula is C10H23ClN2S. The fourth-order valence-corrected chi connectivity index (χ4v) is 1.42. The van der Waals surface area contributed by atoms with Crippen LogP contribution in [0.2, 0.25) is 0 Å². The summed E-state index contributed by atoms with van der Waals surface area (Å²) in [6, 6.07) is 0. The number of hydrogen-bond donors (Lipinski definition) is 1. The molecule has 0 radical (unpaired) electrons. The average Bonchev–Trinajstić information content (AvgIpc) is 2.00. The summed E-state index contributed by atoms with van der Waals surface area (Å²) in [5.41, 5.74) is 5.72. The normalized spacial score (nSPS) is 12.0. The number of hydrogen-bond acceptors (Lipinski definition) is 2. The smallest absolute Gasteiger partial charge is 0.153 e. The third kappa shape index (κ3) is 12.1. The van der Waals surface area contributed by atoms with Gasteiger partial charge in [-0.15, -0.1) is 12.4 Å². The lowest BCUT2D eigenvalue weighted by molar-refractivity contribution is 0.597. The second-order valence-corrected chi connectivity index (χ2v) is 5.15. The zero-order valence-electron chi connectivity index (χ0n) is 9.62. The molecule has 0 aliphatic rings. The zero-order valence-corrected chi connectivity index (χ0v) is 11.3. The van der Waals surface area contributed by atoms with Crippen LogP contribution >= 0.6 is 24.2 Å². The molecule has 0 aromatic carbocycles. The molecule has 0 bridgehead atoms. The lowest BCUT2D eigenvalue weighted by atomic mass is 10.1. The summed E-state index contributed by atoms with van der Waals surface area (Å²) in [7, 11) is 0. The Hall–Kier alpha value is 0.110. The van der Waals surface area contributed by atoms with Gasteiger partial charge in [0, 0.05) is 12.3 Å². The molecule has 0 spiro atoms. The van der Waals surface area contributed by atoms with E-state index in [0.717, 1.165) is 23.9 Å². The Kier molecular flexibility index (Phi) is 11.4. The number of nitrogens with zero attached hydrogens (tertiary/aromatic N) is 1. The summed E-state index contributed by atoms with van der Waals surface area (Å²) in [4.78, 5) is 4.29. The first-order valence-electron chi connectivity index (χ1n) is 4.95. The van der Waals surface area contributed by atoms with Crippen LogP contribution in [0.3, 0.4) is 0 Å². The number of aliphatic imine (C=N–C) groups is 1. The molecule has 0 aliphatic carbocycles. The maximum Gasteiger partial charge on any atom is 0.153 e. The van der Waals surface area contributed by atoms with Gasteiger partial charge < -0.3 is 5.73 Å². The first-order chi connectivity index (χ1) is 6.02. The standard InChI is InChI=1S/C10H22N2S.ClH/c1-8(2)5-6-12-10(11)13-7-9(3)4;/h8-9H,5-7H2,1-4H3,(H2,11,12);1H. The van der Waals surface area contributed by atoms with E-state index in [1.54, 1.807) is 11.8 Å². The Morgan fingerprint density at radius 1 is 1.21 bits per heavy atom. The molecule has 0 aromatic heterocycles. The molecule has 0 rings (SSSR count). The number of nitrogens with two attached hydrogens (primary N) is 1. The van der Waals surface area contributed by atoms with Gasteiger partial charge >= 0.3 is 0 Å². The van der Waals surface area contributed by atoms with Gasteiger partial charge in [-0.05, 0) is 18.3 Å². The first-order valence-corrected chi connectivity index (χ1v) is 5.93. The molecule has 0 heterocycles. The molecule has 0 saturated heterocycles. The molecule has 0 aliphatic heterocycles. The fourth-order valence-electron chi connectivity index (χ4n) is 0.731. The van der Waals surface area contributed by atoms with Crippen LogP contribution in [0, 0.1) is 11.8 Å². The molecule has 86 valence electrons. The van der Waals surface area contributed by atoms with E-state index in [2.05, 4.69) is 32.7 Å². The van der Waals surface area contributed by atoms with Crippen molar-refractivity contribution in [1.82, 2.24) is 0 Å². The van der Waals surface area contributed by atoms with Gasteiger partial charge in [-0.2, -0.15) is 0 Å². The molecule has 14 heavy (non-hydrogen) atoms. The van der Waals surface area contributed by atoms with Crippen molar-refractivity contribution < 1.29 is 0 Å². The van der Waals surface area contributed by atoms with Crippen molar-refractivity contribution in [3.8, 4) is 0 Å². The van der Waals surface area contributed by atoms with E-state index < -0.39 is 0 Å². The van der Waals surface area contributed by atoms with Crippen molar-refractivity contribution >= 4 is 29.3 Å². The van der Waals surface area contributed by atoms with Crippen LogP contribution in [0.15, 0.2) is 4.99 Å². The SMILES string of the molecule is CC(C)CCN=C(N)SCC(C)C.Cl. The Balaban J connectivity index is 0. The minimum absolute atomic E-state index is 0. The monoisotopic (exact) mass is 238 g/mol. The minimum Gasteiger partial charge on any atom is -0.379 e. The van der Waals surface area contributed by atoms with Crippen molar-refractivity contribution in [2.45, 2.75) is 34.1 Å². The highest BCUT2D eigenvalue weighted by atomic mass is 35.5. The number of amidine groups is 1. The molecule has 0 saturated carbocycles. The van der Waals surface area contributed by atoms with Gasteiger partial charge in [0.25, 0.3) is 0 Å². The molecule has 4 heteroatoms. The van der Waals surface area contributed by atoms with Crippen molar-refractivity contribution in [3.05, 3.63) is 0 Å². The lowest BCUT2D eigenvalue weighted by Crippen LogP contribution is -2.10. The molecule has 2 N–H and O–H groups in total. The highest BCUT2D eigenvalue weighted by molar-refractivity contribution is 8.13. The number of rotatable bonds is 5. The van der Waals surface area contributed by atoms with Gasteiger partial charge in [0.1, 0.15) is 0 Å². The first kappa shape index (κ1) is 16.5. The second kappa shape index (κ2) is 9.66. The van der Waals surface area contributed by atoms with Crippen molar-refractivity contribution in [3.63, 3.8) is 0 Å². The summed E-state index contributed by atoms with van der Waals surface area (Å²) in [6.45, 7) is 9.65. The molecule has 0 unspecified atom stereocenters. The number of halogens is 1. The van der Waals surface area contributed by atoms with E-state index in [4.69, 9.17) is 5.73 Å². The van der Waals surface area contributed by atoms with Crippen molar-refractivity contribution in [2.75, 3.05) is 12.3 Å². The van der Waals surface area contributed by atoms with Gasteiger partial charge in [-0.1, -0.05) is 39.5 Å². The van der Waals surface area contributed by atoms with E-state index in [1.807, 2.05) is 0 Å². The average molecular weight is 239 g/mol. The molecule has 2 nitrogen and oxygen atoms in total. The minimum atomic E-state index is 0. The molecular weight excluding hydrogens is 216 g/mol. The van der Waals surface area contributed by atoms with E-state index in [-0.39, 0.29) is 12.4 Å². The molecule has 0 fully saturated rings. The highest BCUT2D eigenvalue weighted by Crippen LogP contribution is 2.07. The molecule has 0 atom stereocenters. The second-order valence-electron chi connectivity index (χ2n) is 4.11. The van der Waals surface area contributed by atoms with Crippen molar-refractivity contribution in [2.24, 2.45) is 22.6 Å². The Bertz CT molecular complexity index is 158. The highest BCUT2D eigenvalue weighted by Gasteiger charge is 1.98. The quantitative estimate of drug-likeness (QED) is 0.590. The van der Waals surface area contributed by atoms with E-state index >= 15 is 0 Å². The van der Waals surface area contributed by atoms with Crippen LogP contribution in [-0.4, -0.2) is 17.5 Å². The topological polar surface area (TPSA) is 38.4 Å².